The van der Waals surface area contributed by atoms with Gasteiger partial charge in [-0.2, -0.15) is 0 Å². The third kappa shape index (κ3) is 4.46. The van der Waals surface area contributed by atoms with Gasteiger partial charge in [-0.05, 0) is 25.0 Å². The van der Waals surface area contributed by atoms with Crippen molar-refractivity contribution in [1.29, 1.82) is 0 Å². The van der Waals surface area contributed by atoms with Crippen molar-refractivity contribution in [3.63, 3.8) is 0 Å². The van der Waals surface area contributed by atoms with Crippen LogP contribution in [0.15, 0.2) is 12.1 Å². The lowest BCUT2D eigenvalue weighted by Gasteiger charge is -2.15. The van der Waals surface area contributed by atoms with Crippen LogP contribution in [0, 0.1) is 12.7 Å². The van der Waals surface area contributed by atoms with Crippen LogP contribution >= 0.6 is 24.0 Å². The minimum absolute atomic E-state index is 0. The minimum atomic E-state index is -0.293. The molecule has 0 unspecified atom stereocenters. The van der Waals surface area contributed by atoms with Gasteiger partial charge >= 0.3 is 0 Å². The van der Waals surface area contributed by atoms with E-state index in [0.29, 0.717) is 16.1 Å². The molecule has 0 bridgehead atoms. The summed E-state index contributed by atoms with van der Waals surface area (Å²) in [6.07, 6.45) is 4.06. The second kappa shape index (κ2) is 7.91. The van der Waals surface area contributed by atoms with Crippen molar-refractivity contribution in [2.24, 2.45) is 5.73 Å². The fourth-order valence-electron chi connectivity index (χ4n) is 1.78. The highest BCUT2D eigenvalue weighted by molar-refractivity contribution is 6.31. The molecule has 0 saturated carbocycles. The van der Waals surface area contributed by atoms with Crippen molar-refractivity contribution in [3.8, 4) is 0 Å². The van der Waals surface area contributed by atoms with Gasteiger partial charge in [-0.15, -0.1) is 12.4 Å². The van der Waals surface area contributed by atoms with Gasteiger partial charge in [0.1, 0.15) is 5.82 Å². The first-order chi connectivity index (χ1) is 7.57. The molecule has 1 atom stereocenters. The van der Waals surface area contributed by atoms with E-state index in [9.17, 15) is 4.39 Å². The van der Waals surface area contributed by atoms with Gasteiger partial charge in [0.15, 0.2) is 0 Å². The average Bonchev–Trinajstić information content (AvgIpc) is 2.24. The maximum absolute atomic E-state index is 13.9. The molecule has 1 nitrogen and oxygen atoms in total. The molecule has 0 aliphatic rings. The van der Waals surface area contributed by atoms with Crippen molar-refractivity contribution in [1.82, 2.24) is 0 Å². The number of aryl methyl sites for hydroxylation is 1. The molecule has 98 valence electrons. The Labute approximate surface area is 114 Å². The largest absolute Gasteiger partial charge is 0.324 e. The molecule has 0 aromatic heterocycles. The number of nitrogens with two attached hydrogens (primary N) is 1. The Morgan fingerprint density at radius 1 is 1.35 bits per heavy atom. The van der Waals surface area contributed by atoms with Crippen molar-refractivity contribution < 1.29 is 4.39 Å². The normalized spacial score (nSPS) is 12.1. The number of unbranched alkanes of at least 4 members (excludes halogenated alkanes) is 2. The summed E-state index contributed by atoms with van der Waals surface area (Å²) in [5.74, 6) is -0.253. The fourth-order valence-corrected chi connectivity index (χ4v) is 2.06. The third-order valence-electron chi connectivity index (χ3n) is 2.81. The van der Waals surface area contributed by atoms with Crippen molar-refractivity contribution in [3.05, 3.63) is 34.1 Å². The Balaban J connectivity index is 0.00000256. The van der Waals surface area contributed by atoms with Gasteiger partial charge in [0, 0.05) is 16.6 Å². The Kier molecular flexibility index (Phi) is 7.77. The van der Waals surface area contributed by atoms with Gasteiger partial charge in [0.05, 0.1) is 0 Å². The Bertz CT molecular complexity index is 356. The smallest absolute Gasteiger partial charge is 0.132 e. The van der Waals surface area contributed by atoms with E-state index in [0.717, 1.165) is 25.7 Å². The van der Waals surface area contributed by atoms with E-state index in [2.05, 4.69) is 6.92 Å². The lowest BCUT2D eigenvalue weighted by molar-refractivity contribution is 0.535. The van der Waals surface area contributed by atoms with Gasteiger partial charge in [0.2, 0.25) is 0 Å². The number of halogens is 3. The zero-order valence-corrected chi connectivity index (χ0v) is 11.9. The number of benzene rings is 1. The SMILES string of the molecule is CCCCC[C@@H](N)c1c(Cl)ccc(C)c1F.Cl. The summed E-state index contributed by atoms with van der Waals surface area (Å²) < 4.78 is 13.9. The van der Waals surface area contributed by atoms with Gasteiger partial charge < -0.3 is 5.73 Å². The van der Waals surface area contributed by atoms with E-state index in [1.54, 1.807) is 19.1 Å². The highest BCUT2D eigenvalue weighted by atomic mass is 35.5. The second-order valence-corrected chi connectivity index (χ2v) is 4.60. The van der Waals surface area contributed by atoms with Crippen molar-refractivity contribution in [2.45, 2.75) is 45.6 Å². The molecule has 0 radical (unpaired) electrons. The predicted molar refractivity (Wildman–Crippen MR) is 74.5 cm³/mol. The van der Waals surface area contributed by atoms with Gasteiger partial charge in [-0.3, -0.25) is 0 Å². The summed E-state index contributed by atoms with van der Waals surface area (Å²) in [5, 5.41) is 0.437. The molecule has 17 heavy (non-hydrogen) atoms. The first-order valence-corrected chi connectivity index (χ1v) is 6.15. The Morgan fingerprint density at radius 2 is 2.00 bits per heavy atom. The maximum atomic E-state index is 13.9. The van der Waals surface area contributed by atoms with E-state index < -0.39 is 0 Å². The zero-order valence-electron chi connectivity index (χ0n) is 10.3. The topological polar surface area (TPSA) is 26.0 Å². The van der Waals surface area contributed by atoms with E-state index in [4.69, 9.17) is 17.3 Å². The van der Waals surface area contributed by atoms with Gasteiger partial charge in [-0.1, -0.05) is 43.9 Å². The molecule has 0 aliphatic carbocycles. The van der Waals surface area contributed by atoms with Crippen LogP contribution in [-0.2, 0) is 0 Å². The maximum Gasteiger partial charge on any atom is 0.132 e. The van der Waals surface area contributed by atoms with Crippen LogP contribution in [0.4, 0.5) is 4.39 Å². The first-order valence-electron chi connectivity index (χ1n) is 5.78. The standard InChI is InChI=1S/C13H19ClFN.ClH/c1-3-4-5-6-11(16)12-10(14)8-7-9(2)13(12)15;/h7-8,11H,3-6,16H2,1-2H3;1H/t11-;/m1./s1. The van der Waals surface area contributed by atoms with Crippen molar-refractivity contribution in [2.75, 3.05) is 0 Å². The summed E-state index contributed by atoms with van der Waals surface area (Å²) in [6, 6.07) is 3.11. The summed E-state index contributed by atoms with van der Waals surface area (Å²) in [5.41, 5.74) is 7.05. The average molecular weight is 280 g/mol. The Hall–Kier alpha value is -0.310. The van der Waals surface area contributed by atoms with E-state index in [1.165, 1.54) is 0 Å². The van der Waals surface area contributed by atoms with Crippen LogP contribution in [0.2, 0.25) is 5.02 Å². The minimum Gasteiger partial charge on any atom is -0.324 e. The molecule has 0 spiro atoms. The summed E-state index contributed by atoms with van der Waals surface area (Å²) in [7, 11) is 0. The molecule has 4 heteroatoms. The van der Waals surface area contributed by atoms with Gasteiger partial charge in [0.25, 0.3) is 0 Å². The second-order valence-electron chi connectivity index (χ2n) is 4.19. The molecule has 2 N–H and O–H groups in total. The number of rotatable bonds is 5. The highest BCUT2D eigenvalue weighted by Crippen LogP contribution is 2.29. The number of hydrogen-bond acceptors (Lipinski definition) is 1. The first kappa shape index (κ1) is 16.7. The van der Waals surface area contributed by atoms with Crippen LogP contribution in [0.1, 0.15) is 49.8 Å². The highest BCUT2D eigenvalue weighted by Gasteiger charge is 2.16. The third-order valence-corrected chi connectivity index (χ3v) is 3.14. The van der Waals surface area contributed by atoms with Gasteiger partial charge in [-0.25, -0.2) is 4.39 Å². The molecule has 0 fully saturated rings. The lowest BCUT2D eigenvalue weighted by atomic mass is 9.99. The van der Waals surface area contributed by atoms with Crippen LogP contribution in [0.25, 0.3) is 0 Å². The summed E-state index contributed by atoms with van der Waals surface area (Å²) in [4.78, 5) is 0. The fraction of sp³-hybridized carbons (Fsp3) is 0.538. The zero-order chi connectivity index (χ0) is 12.1. The molecule has 1 aromatic rings. The molecule has 1 rings (SSSR count). The monoisotopic (exact) mass is 279 g/mol. The predicted octanol–water partition coefficient (Wildman–Crippen LogP) is 4.79. The number of hydrogen-bond donors (Lipinski definition) is 1. The van der Waals surface area contributed by atoms with Crippen LogP contribution < -0.4 is 5.73 Å². The molecule has 0 saturated heterocycles. The molecule has 0 aliphatic heterocycles. The van der Waals surface area contributed by atoms with Crippen LogP contribution in [0.5, 0.6) is 0 Å². The quantitative estimate of drug-likeness (QED) is 0.771. The van der Waals surface area contributed by atoms with E-state index in [1.807, 2.05) is 0 Å². The molecular formula is C13H20Cl2FN. The van der Waals surface area contributed by atoms with Crippen LogP contribution in [0.3, 0.4) is 0 Å². The Morgan fingerprint density at radius 3 is 2.59 bits per heavy atom. The molecule has 0 amide bonds. The molecule has 0 heterocycles. The van der Waals surface area contributed by atoms with E-state index in [-0.39, 0.29) is 24.3 Å². The van der Waals surface area contributed by atoms with Crippen LogP contribution in [-0.4, -0.2) is 0 Å². The summed E-state index contributed by atoms with van der Waals surface area (Å²) in [6.45, 7) is 3.86. The lowest BCUT2D eigenvalue weighted by Crippen LogP contribution is -2.13. The molecular weight excluding hydrogens is 260 g/mol. The summed E-state index contributed by atoms with van der Waals surface area (Å²) >= 11 is 5.99. The molecule has 1 aromatic carbocycles. The van der Waals surface area contributed by atoms with E-state index >= 15 is 0 Å². The van der Waals surface area contributed by atoms with Crippen molar-refractivity contribution >= 4 is 24.0 Å².